The number of pyridine rings is 1. The van der Waals surface area contributed by atoms with Crippen molar-refractivity contribution in [3.63, 3.8) is 0 Å². The number of nitrogens with zero attached hydrogens (tertiary/aromatic N) is 1. The summed E-state index contributed by atoms with van der Waals surface area (Å²) in [4.78, 5) is 0. The van der Waals surface area contributed by atoms with Gasteiger partial charge in [-0.05, 0) is 25.8 Å². The zero-order valence-corrected chi connectivity index (χ0v) is 9.71. The Morgan fingerprint density at radius 3 is 1.79 bits per heavy atom. The van der Waals surface area contributed by atoms with Crippen LogP contribution in [0.2, 0.25) is 0 Å². The summed E-state index contributed by atoms with van der Waals surface area (Å²) in [5.41, 5.74) is 2.97. The monoisotopic (exact) mass is 192 g/mol. The first kappa shape index (κ1) is 11.2. The maximum Gasteiger partial charge on any atom is 0.171 e. The van der Waals surface area contributed by atoms with Crippen LogP contribution in [0.3, 0.4) is 0 Å². The molecule has 0 radical (unpaired) electrons. The fourth-order valence-electron chi connectivity index (χ4n) is 1.81. The molecule has 0 spiro atoms. The average molecular weight is 192 g/mol. The summed E-state index contributed by atoms with van der Waals surface area (Å²) in [6.07, 6.45) is 9.44. The Bertz CT molecular complexity index is 254. The molecule has 78 valence electrons. The maximum atomic E-state index is 2.36. The van der Waals surface area contributed by atoms with E-state index in [4.69, 9.17) is 0 Å². The third kappa shape index (κ3) is 3.13. The van der Waals surface area contributed by atoms with Crippen LogP contribution in [0, 0.1) is 0 Å². The van der Waals surface area contributed by atoms with Crippen LogP contribution in [0.4, 0.5) is 0 Å². The Hall–Kier alpha value is -0.850. The van der Waals surface area contributed by atoms with Crippen molar-refractivity contribution >= 4 is 0 Å². The highest BCUT2D eigenvalue weighted by molar-refractivity contribution is 5.15. The Kier molecular flexibility index (Phi) is 4.64. The van der Waals surface area contributed by atoms with Gasteiger partial charge < -0.3 is 0 Å². The summed E-state index contributed by atoms with van der Waals surface area (Å²) in [7, 11) is 0. The van der Waals surface area contributed by atoms with Crippen molar-refractivity contribution < 1.29 is 4.57 Å². The van der Waals surface area contributed by atoms with Crippen LogP contribution in [-0.2, 0) is 19.4 Å². The van der Waals surface area contributed by atoms with Gasteiger partial charge in [-0.1, -0.05) is 26.7 Å². The van der Waals surface area contributed by atoms with Gasteiger partial charge in [-0.3, -0.25) is 0 Å². The van der Waals surface area contributed by atoms with Crippen molar-refractivity contribution in [3.05, 3.63) is 29.6 Å². The second-order valence-electron chi connectivity index (χ2n) is 3.88. The molecule has 0 aliphatic carbocycles. The molecule has 0 unspecified atom stereocenters. The summed E-state index contributed by atoms with van der Waals surface area (Å²) < 4.78 is 2.30. The normalized spacial score (nSPS) is 10.5. The molecule has 0 amide bonds. The van der Waals surface area contributed by atoms with E-state index in [0.29, 0.717) is 0 Å². The highest BCUT2D eigenvalue weighted by atomic mass is 14.9. The summed E-state index contributed by atoms with van der Waals surface area (Å²) in [6.45, 7) is 7.76. The van der Waals surface area contributed by atoms with Gasteiger partial charge in [0.1, 0.15) is 6.54 Å². The Balaban J connectivity index is 2.88. The minimum atomic E-state index is 1.08. The van der Waals surface area contributed by atoms with Crippen molar-refractivity contribution in [1.29, 1.82) is 0 Å². The largest absolute Gasteiger partial charge is 0.205 e. The van der Waals surface area contributed by atoms with Crippen LogP contribution < -0.4 is 4.57 Å². The highest BCUT2D eigenvalue weighted by Crippen LogP contribution is 2.06. The lowest BCUT2D eigenvalue weighted by Gasteiger charge is -2.02. The summed E-state index contributed by atoms with van der Waals surface area (Å²) >= 11 is 0. The molecule has 0 atom stereocenters. The molecule has 0 fully saturated rings. The van der Waals surface area contributed by atoms with Gasteiger partial charge in [0.15, 0.2) is 12.4 Å². The summed E-state index contributed by atoms with van der Waals surface area (Å²) in [5.74, 6) is 0. The molecule has 1 heterocycles. The number of hydrogen-bond acceptors (Lipinski definition) is 0. The summed E-state index contributed by atoms with van der Waals surface area (Å²) in [5, 5.41) is 0. The SMILES string of the molecule is CCCc1cc(CCC)c[n+](CC)c1. The minimum Gasteiger partial charge on any atom is -0.205 e. The highest BCUT2D eigenvalue weighted by Gasteiger charge is 2.04. The lowest BCUT2D eigenvalue weighted by molar-refractivity contribution is -0.694. The second-order valence-corrected chi connectivity index (χ2v) is 3.88. The first-order chi connectivity index (χ1) is 6.80. The predicted molar refractivity (Wildman–Crippen MR) is 60.3 cm³/mol. The molecular weight excluding hydrogens is 170 g/mol. The molecule has 0 aliphatic rings. The third-order valence-electron chi connectivity index (χ3n) is 2.48. The van der Waals surface area contributed by atoms with Gasteiger partial charge in [0, 0.05) is 11.1 Å². The third-order valence-corrected chi connectivity index (χ3v) is 2.48. The first-order valence-corrected chi connectivity index (χ1v) is 5.82. The van der Waals surface area contributed by atoms with Gasteiger partial charge in [-0.15, -0.1) is 0 Å². The molecule has 1 aromatic rings. The van der Waals surface area contributed by atoms with Crippen molar-refractivity contribution in [3.8, 4) is 0 Å². The average Bonchev–Trinajstić information content (AvgIpc) is 2.18. The molecule has 1 heteroatoms. The molecule has 1 nitrogen and oxygen atoms in total. The van der Waals surface area contributed by atoms with Gasteiger partial charge in [-0.25, -0.2) is 4.57 Å². The molecule has 0 bridgehead atoms. The molecule has 0 aromatic carbocycles. The second kappa shape index (κ2) is 5.79. The van der Waals surface area contributed by atoms with E-state index < -0.39 is 0 Å². The van der Waals surface area contributed by atoms with Crippen molar-refractivity contribution in [1.82, 2.24) is 0 Å². The van der Waals surface area contributed by atoms with Crippen molar-refractivity contribution in [2.75, 3.05) is 0 Å². The molecule has 0 aliphatic heterocycles. The van der Waals surface area contributed by atoms with Gasteiger partial charge in [0.05, 0.1) is 0 Å². The Labute approximate surface area is 87.8 Å². The van der Waals surface area contributed by atoms with Crippen LogP contribution in [0.15, 0.2) is 18.5 Å². The zero-order valence-electron chi connectivity index (χ0n) is 9.71. The molecule has 14 heavy (non-hydrogen) atoms. The van der Waals surface area contributed by atoms with Crippen LogP contribution in [0.1, 0.15) is 44.7 Å². The van der Waals surface area contributed by atoms with E-state index in [1.165, 1.54) is 36.8 Å². The smallest absolute Gasteiger partial charge is 0.171 e. The topological polar surface area (TPSA) is 3.88 Å². The van der Waals surface area contributed by atoms with Crippen molar-refractivity contribution in [2.24, 2.45) is 0 Å². The van der Waals surface area contributed by atoms with Crippen LogP contribution in [0.25, 0.3) is 0 Å². The van der Waals surface area contributed by atoms with E-state index in [9.17, 15) is 0 Å². The van der Waals surface area contributed by atoms with Crippen LogP contribution in [0.5, 0.6) is 0 Å². The van der Waals surface area contributed by atoms with Crippen LogP contribution in [-0.4, -0.2) is 0 Å². The Morgan fingerprint density at radius 1 is 0.929 bits per heavy atom. The standard InChI is InChI=1S/C13H22N/c1-4-7-12-9-13(8-5-2)11-14(6-3)10-12/h9-11H,4-8H2,1-3H3/q+1. The van der Waals surface area contributed by atoms with E-state index in [2.05, 4.69) is 43.8 Å². The number of hydrogen-bond donors (Lipinski definition) is 0. The molecule has 0 N–H and O–H groups in total. The number of aryl methyl sites for hydroxylation is 3. The molecule has 0 saturated carbocycles. The van der Waals surface area contributed by atoms with Crippen LogP contribution >= 0.6 is 0 Å². The Morgan fingerprint density at radius 2 is 1.43 bits per heavy atom. The summed E-state index contributed by atoms with van der Waals surface area (Å²) in [6, 6.07) is 2.36. The molecule has 1 rings (SSSR count). The van der Waals surface area contributed by atoms with E-state index in [1.807, 2.05) is 0 Å². The van der Waals surface area contributed by atoms with Gasteiger partial charge in [-0.2, -0.15) is 0 Å². The number of rotatable bonds is 5. The quantitative estimate of drug-likeness (QED) is 0.632. The van der Waals surface area contributed by atoms with Gasteiger partial charge in [0.25, 0.3) is 0 Å². The zero-order chi connectivity index (χ0) is 10.4. The van der Waals surface area contributed by atoms with E-state index in [0.717, 1.165) is 6.54 Å². The predicted octanol–water partition coefficient (Wildman–Crippen LogP) is 2.90. The lowest BCUT2D eigenvalue weighted by Crippen LogP contribution is -2.32. The van der Waals surface area contributed by atoms with Crippen molar-refractivity contribution in [2.45, 2.75) is 53.0 Å². The lowest BCUT2D eigenvalue weighted by atomic mass is 10.1. The molecule has 0 saturated heterocycles. The fraction of sp³-hybridized carbons (Fsp3) is 0.615. The fourth-order valence-corrected chi connectivity index (χ4v) is 1.81. The molecular formula is C13H22N+. The van der Waals surface area contributed by atoms with E-state index >= 15 is 0 Å². The van der Waals surface area contributed by atoms with E-state index in [1.54, 1.807) is 0 Å². The molecule has 1 aromatic heterocycles. The van der Waals surface area contributed by atoms with Gasteiger partial charge >= 0.3 is 0 Å². The number of aromatic nitrogens is 1. The maximum absolute atomic E-state index is 2.36. The van der Waals surface area contributed by atoms with Gasteiger partial charge in [0.2, 0.25) is 0 Å². The minimum absolute atomic E-state index is 1.08. The first-order valence-electron chi connectivity index (χ1n) is 5.82. The van der Waals surface area contributed by atoms with E-state index in [-0.39, 0.29) is 0 Å².